The van der Waals surface area contributed by atoms with Crippen molar-refractivity contribution in [2.45, 2.75) is 33.3 Å². The average molecular weight is 218 g/mol. The van der Waals surface area contributed by atoms with Gasteiger partial charge in [0.05, 0.1) is 5.56 Å². The number of esters is 1. The molecule has 1 aromatic rings. The number of hydrogen-bond acceptors (Lipinski definition) is 2. The molecule has 0 saturated heterocycles. The largest absolute Gasteiger partial charge is 0.456 e. The fourth-order valence-corrected chi connectivity index (χ4v) is 1.34. The first kappa shape index (κ1) is 12.5. The zero-order chi connectivity index (χ0) is 12.2. The minimum atomic E-state index is -0.458. The number of benzene rings is 1. The SMILES string of the molecule is CC=Cc1ccccc1C(=O)OC(C)(C)C. The predicted molar refractivity (Wildman–Crippen MR) is 66.3 cm³/mol. The molecule has 0 amide bonds. The van der Waals surface area contributed by atoms with E-state index in [4.69, 9.17) is 4.74 Å². The normalized spacial score (nSPS) is 11.8. The highest BCUT2D eigenvalue weighted by atomic mass is 16.6. The summed E-state index contributed by atoms with van der Waals surface area (Å²) in [5.41, 5.74) is 1.04. The highest BCUT2D eigenvalue weighted by molar-refractivity contribution is 5.93. The smallest absolute Gasteiger partial charge is 0.339 e. The van der Waals surface area contributed by atoms with E-state index in [-0.39, 0.29) is 5.97 Å². The molecule has 0 N–H and O–H groups in total. The first-order valence-electron chi connectivity index (χ1n) is 5.39. The van der Waals surface area contributed by atoms with E-state index >= 15 is 0 Å². The van der Waals surface area contributed by atoms with Gasteiger partial charge in [-0.2, -0.15) is 0 Å². The first-order chi connectivity index (χ1) is 7.44. The van der Waals surface area contributed by atoms with Crippen molar-refractivity contribution in [2.75, 3.05) is 0 Å². The van der Waals surface area contributed by atoms with Gasteiger partial charge in [0.25, 0.3) is 0 Å². The molecule has 0 radical (unpaired) electrons. The van der Waals surface area contributed by atoms with Crippen molar-refractivity contribution in [2.24, 2.45) is 0 Å². The minimum Gasteiger partial charge on any atom is -0.456 e. The standard InChI is InChI=1S/C14H18O2/c1-5-8-11-9-6-7-10-12(11)13(15)16-14(2,3)4/h5-10H,1-4H3. The lowest BCUT2D eigenvalue weighted by atomic mass is 10.1. The van der Waals surface area contributed by atoms with Gasteiger partial charge in [0.1, 0.15) is 5.60 Å². The maximum absolute atomic E-state index is 11.9. The summed E-state index contributed by atoms with van der Waals surface area (Å²) in [4.78, 5) is 11.9. The molecule has 0 atom stereocenters. The van der Waals surface area contributed by atoms with Crippen molar-refractivity contribution >= 4 is 12.0 Å². The zero-order valence-corrected chi connectivity index (χ0v) is 10.3. The van der Waals surface area contributed by atoms with Gasteiger partial charge in [-0.25, -0.2) is 4.79 Å². The molecule has 1 rings (SSSR count). The highest BCUT2D eigenvalue weighted by Crippen LogP contribution is 2.16. The van der Waals surface area contributed by atoms with Crippen LogP contribution >= 0.6 is 0 Å². The van der Waals surface area contributed by atoms with Gasteiger partial charge >= 0.3 is 5.97 Å². The molecule has 0 saturated carbocycles. The fraction of sp³-hybridized carbons (Fsp3) is 0.357. The van der Waals surface area contributed by atoms with E-state index in [0.717, 1.165) is 5.56 Å². The second kappa shape index (κ2) is 4.97. The lowest BCUT2D eigenvalue weighted by molar-refractivity contribution is 0.00693. The van der Waals surface area contributed by atoms with Crippen LogP contribution in [-0.4, -0.2) is 11.6 Å². The molecule has 0 fully saturated rings. The lowest BCUT2D eigenvalue weighted by Crippen LogP contribution is -2.24. The van der Waals surface area contributed by atoms with Crippen molar-refractivity contribution in [3.63, 3.8) is 0 Å². The third kappa shape index (κ3) is 3.54. The van der Waals surface area contributed by atoms with E-state index in [0.29, 0.717) is 5.56 Å². The van der Waals surface area contributed by atoms with Crippen LogP contribution in [0.3, 0.4) is 0 Å². The van der Waals surface area contributed by atoms with Gasteiger partial charge in [-0.1, -0.05) is 30.4 Å². The van der Waals surface area contributed by atoms with Crippen molar-refractivity contribution in [3.05, 3.63) is 41.5 Å². The van der Waals surface area contributed by atoms with Crippen LogP contribution in [0.15, 0.2) is 30.3 Å². The summed E-state index contributed by atoms with van der Waals surface area (Å²) < 4.78 is 5.34. The molecule has 0 heterocycles. The molecule has 0 unspecified atom stereocenters. The minimum absolute atomic E-state index is 0.277. The Morgan fingerprint density at radius 1 is 1.25 bits per heavy atom. The number of carbonyl (C=O) groups excluding carboxylic acids is 1. The van der Waals surface area contributed by atoms with E-state index in [1.807, 2.05) is 58.0 Å². The maximum Gasteiger partial charge on any atom is 0.339 e. The third-order valence-corrected chi connectivity index (χ3v) is 1.93. The van der Waals surface area contributed by atoms with Gasteiger partial charge in [0.2, 0.25) is 0 Å². The summed E-state index contributed by atoms with van der Waals surface area (Å²) in [7, 11) is 0. The van der Waals surface area contributed by atoms with E-state index in [1.165, 1.54) is 0 Å². The Morgan fingerprint density at radius 2 is 1.88 bits per heavy atom. The molecule has 0 aliphatic rings. The molecular formula is C14H18O2. The second-order valence-corrected chi connectivity index (χ2v) is 4.59. The number of rotatable bonds is 2. The van der Waals surface area contributed by atoms with E-state index in [9.17, 15) is 4.79 Å². The van der Waals surface area contributed by atoms with E-state index in [1.54, 1.807) is 6.07 Å². The van der Waals surface area contributed by atoms with Crippen LogP contribution in [-0.2, 0) is 4.74 Å². The van der Waals surface area contributed by atoms with Crippen LogP contribution in [0.1, 0.15) is 43.6 Å². The first-order valence-corrected chi connectivity index (χ1v) is 5.39. The number of carbonyl (C=O) groups is 1. The molecule has 0 bridgehead atoms. The molecule has 16 heavy (non-hydrogen) atoms. The second-order valence-electron chi connectivity index (χ2n) is 4.59. The third-order valence-electron chi connectivity index (χ3n) is 1.93. The van der Waals surface area contributed by atoms with Crippen LogP contribution in [0.4, 0.5) is 0 Å². The Hall–Kier alpha value is -1.57. The molecule has 0 aromatic heterocycles. The predicted octanol–water partition coefficient (Wildman–Crippen LogP) is 3.68. The van der Waals surface area contributed by atoms with Gasteiger partial charge < -0.3 is 4.74 Å². The van der Waals surface area contributed by atoms with Gasteiger partial charge in [0.15, 0.2) is 0 Å². The summed E-state index contributed by atoms with van der Waals surface area (Å²) in [6.45, 7) is 7.52. The summed E-state index contributed by atoms with van der Waals surface area (Å²) in [5, 5.41) is 0. The van der Waals surface area contributed by atoms with Crippen molar-refractivity contribution in [3.8, 4) is 0 Å². The van der Waals surface area contributed by atoms with Crippen LogP contribution in [0.5, 0.6) is 0 Å². The van der Waals surface area contributed by atoms with Gasteiger partial charge in [-0.15, -0.1) is 0 Å². The number of ether oxygens (including phenoxy) is 1. The van der Waals surface area contributed by atoms with E-state index < -0.39 is 5.60 Å². The molecule has 0 aliphatic heterocycles. The Bertz CT molecular complexity index is 397. The highest BCUT2D eigenvalue weighted by Gasteiger charge is 2.19. The van der Waals surface area contributed by atoms with Crippen LogP contribution in [0.25, 0.3) is 6.08 Å². The molecule has 86 valence electrons. The lowest BCUT2D eigenvalue weighted by Gasteiger charge is -2.20. The molecular weight excluding hydrogens is 200 g/mol. The van der Waals surface area contributed by atoms with Gasteiger partial charge in [-0.05, 0) is 39.3 Å². The van der Waals surface area contributed by atoms with E-state index in [2.05, 4.69) is 0 Å². The van der Waals surface area contributed by atoms with Crippen molar-refractivity contribution in [1.82, 2.24) is 0 Å². The summed E-state index contributed by atoms with van der Waals surface area (Å²) in [6, 6.07) is 7.43. The molecule has 0 aliphatic carbocycles. The zero-order valence-electron chi connectivity index (χ0n) is 10.3. The monoisotopic (exact) mass is 218 g/mol. The number of allylic oxidation sites excluding steroid dienone is 1. The van der Waals surface area contributed by atoms with Crippen LogP contribution in [0.2, 0.25) is 0 Å². The van der Waals surface area contributed by atoms with Crippen molar-refractivity contribution in [1.29, 1.82) is 0 Å². The summed E-state index contributed by atoms with van der Waals surface area (Å²) in [5.74, 6) is -0.277. The Balaban J connectivity index is 2.99. The number of hydrogen-bond donors (Lipinski definition) is 0. The van der Waals surface area contributed by atoms with Gasteiger partial charge in [0, 0.05) is 0 Å². The fourth-order valence-electron chi connectivity index (χ4n) is 1.34. The Kier molecular flexibility index (Phi) is 3.88. The van der Waals surface area contributed by atoms with Crippen LogP contribution in [0, 0.1) is 0 Å². The average Bonchev–Trinajstić information content (AvgIpc) is 2.16. The Labute approximate surface area is 96.9 Å². The molecule has 1 aromatic carbocycles. The Morgan fingerprint density at radius 3 is 2.44 bits per heavy atom. The summed E-state index contributed by atoms with van der Waals surface area (Å²) >= 11 is 0. The maximum atomic E-state index is 11.9. The topological polar surface area (TPSA) is 26.3 Å². The quantitative estimate of drug-likeness (QED) is 0.708. The van der Waals surface area contributed by atoms with Crippen LogP contribution < -0.4 is 0 Å². The van der Waals surface area contributed by atoms with Crippen molar-refractivity contribution < 1.29 is 9.53 Å². The molecule has 2 heteroatoms. The summed E-state index contributed by atoms with van der Waals surface area (Å²) in [6.07, 6.45) is 3.81. The molecule has 2 nitrogen and oxygen atoms in total. The van der Waals surface area contributed by atoms with Gasteiger partial charge in [-0.3, -0.25) is 0 Å². The molecule has 0 spiro atoms.